The van der Waals surface area contributed by atoms with Gasteiger partial charge in [0.15, 0.2) is 12.6 Å². The van der Waals surface area contributed by atoms with Gasteiger partial charge in [0.2, 0.25) is 0 Å². The molecule has 2 N–H and O–H groups in total. The molecule has 2 aromatic rings. The SMILES string of the molecule is CCNC(=NCc1cccc(OCC(F)(F)F)c1)NCc1sc(C)nc1C.I. The average Bonchev–Trinajstić information content (AvgIpc) is 2.93. The highest BCUT2D eigenvalue weighted by atomic mass is 127. The molecule has 0 atom stereocenters. The number of alkyl halides is 3. The van der Waals surface area contributed by atoms with Gasteiger partial charge in [0.1, 0.15) is 5.75 Å². The van der Waals surface area contributed by atoms with E-state index in [4.69, 9.17) is 4.74 Å². The number of hydrogen-bond donors (Lipinski definition) is 2. The lowest BCUT2D eigenvalue weighted by atomic mass is 10.2. The normalized spacial score (nSPS) is 11.7. The van der Waals surface area contributed by atoms with E-state index in [1.54, 1.807) is 29.5 Å². The van der Waals surface area contributed by atoms with Crippen molar-refractivity contribution < 1.29 is 17.9 Å². The monoisotopic (exact) mass is 528 g/mol. The first-order valence-electron chi connectivity index (χ1n) is 8.50. The Morgan fingerprint density at radius 2 is 2.00 bits per heavy atom. The van der Waals surface area contributed by atoms with Gasteiger partial charge < -0.3 is 15.4 Å². The van der Waals surface area contributed by atoms with Gasteiger partial charge in [-0.15, -0.1) is 35.3 Å². The summed E-state index contributed by atoms with van der Waals surface area (Å²) in [6.45, 7) is 6.21. The summed E-state index contributed by atoms with van der Waals surface area (Å²) in [5.41, 5.74) is 1.76. The lowest BCUT2D eigenvalue weighted by Crippen LogP contribution is -2.36. The number of rotatable bonds is 7. The summed E-state index contributed by atoms with van der Waals surface area (Å²) in [5.74, 6) is 0.804. The molecule has 2 rings (SSSR count). The van der Waals surface area contributed by atoms with Crippen LogP contribution in [0.2, 0.25) is 0 Å². The molecule has 0 aliphatic heterocycles. The Morgan fingerprint density at radius 1 is 1.25 bits per heavy atom. The van der Waals surface area contributed by atoms with E-state index >= 15 is 0 Å². The molecule has 0 spiro atoms. The van der Waals surface area contributed by atoms with E-state index in [-0.39, 0.29) is 29.7 Å². The first kappa shape index (κ1) is 24.5. The molecular weight excluding hydrogens is 504 g/mol. The fourth-order valence-electron chi connectivity index (χ4n) is 2.31. The molecule has 0 aliphatic rings. The number of benzene rings is 1. The third-order valence-corrected chi connectivity index (χ3v) is 4.55. The van der Waals surface area contributed by atoms with Crippen molar-refractivity contribution >= 4 is 41.3 Å². The van der Waals surface area contributed by atoms with Crippen molar-refractivity contribution in [3.05, 3.63) is 45.4 Å². The molecule has 0 radical (unpaired) electrons. The summed E-state index contributed by atoms with van der Waals surface area (Å²) in [7, 11) is 0. The van der Waals surface area contributed by atoms with Crippen molar-refractivity contribution in [2.75, 3.05) is 13.2 Å². The van der Waals surface area contributed by atoms with Crippen LogP contribution in [0.1, 0.15) is 28.1 Å². The summed E-state index contributed by atoms with van der Waals surface area (Å²) >= 11 is 1.63. The molecule has 10 heteroatoms. The number of guanidine groups is 1. The van der Waals surface area contributed by atoms with Gasteiger partial charge in [-0.2, -0.15) is 13.2 Å². The highest BCUT2D eigenvalue weighted by Gasteiger charge is 2.28. The van der Waals surface area contributed by atoms with E-state index in [0.29, 0.717) is 25.6 Å². The van der Waals surface area contributed by atoms with Crippen LogP contribution in [0.3, 0.4) is 0 Å². The van der Waals surface area contributed by atoms with Gasteiger partial charge in [-0.1, -0.05) is 12.1 Å². The van der Waals surface area contributed by atoms with Crippen LogP contribution in [0.5, 0.6) is 5.75 Å². The largest absolute Gasteiger partial charge is 0.484 e. The molecule has 0 bridgehead atoms. The highest BCUT2D eigenvalue weighted by molar-refractivity contribution is 14.0. The van der Waals surface area contributed by atoms with Crippen molar-refractivity contribution in [1.82, 2.24) is 15.6 Å². The molecule has 0 saturated carbocycles. The Labute approximate surface area is 183 Å². The molecule has 0 unspecified atom stereocenters. The topological polar surface area (TPSA) is 58.5 Å². The number of aliphatic imine (C=N–C) groups is 1. The number of halogens is 4. The Balaban J connectivity index is 0.00000392. The lowest BCUT2D eigenvalue weighted by Gasteiger charge is -2.12. The van der Waals surface area contributed by atoms with E-state index in [9.17, 15) is 13.2 Å². The molecular formula is C18H24F3IN4OS. The second-order valence-corrected chi connectivity index (χ2v) is 7.13. The van der Waals surface area contributed by atoms with Gasteiger partial charge in [-0.3, -0.25) is 0 Å². The van der Waals surface area contributed by atoms with Crippen molar-refractivity contribution in [3.63, 3.8) is 0 Å². The van der Waals surface area contributed by atoms with Crippen LogP contribution < -0.4 is 15.4 Å². The Bertz CT molecular complexity index is 780. The molecule has 28 heavy (non-hydrogen) atoms. The van der Waals surface area contributed by atoms with Crippen molar-refractivity contribution in [1.29, 1.82) is 0 Å². The predicted molar refractivity (Wildman–Crippen MR) is 117 cm³/mol. The minimum Gasteiger partial charge on any atom is -0.484 e. The Morgan fingerprint density at radius 3 is 2.61 bits per heavy atom. The second-order valence-electron chi connectivity index (χ2n) is 5.84. The second kappa shape index (κ2) is 11.4. The molecule has 5 nitrogen and oxygen atoms in total. The van der Waals surface area contributed by atoms with Crippen LogP contribution in [0, 0.1) is 13.8 Å². The maximum Gasteiger partial charge on any atom is 0.422 e. The minimum atomic E-state index is -4.36. The zero-order valence-electron chi connectivity index (χ0n) is 15.9. The zero-order valence-corrected chi connectivity index (χ0v) is 19.0. The number of hydrogen-bond acceptors (Lipinski definition) is 4. The standard InChI is InChI=1S/C18H23F3N4OS.HI/c1-4-22-17(24-10-16-12(2)25-13(3)27-16)23-9-14-6-5-7-15(8-14)26-11-18(19,20)21;/h5-8H,4,9-11H2,1-3H3,(H2,22,23,24);1H. The first-order valence-corrected chi connectivity index (χ1v) is 9.32. The molecule has 1 heterocycles. The number of thiazole rings is 1. The van der Waals surface area contributed by atoms with Crippen molar-refractivity contribution in [2.45, 2.75) is 40.0 Å². The highest BCUT2D eigenvalue weighted by Crippen LogP contribution is 2.20. The van der Waals surface area contributed by atoms with Crippen LogP contribution in [0.4, 0.5) is 13.2 Å². The molecule has 0 saturated heterocycles. The smallest absolute Gasteiger partial charge is 0.422 e. The summed E-state index contributed by atoms with van der Waals surface area (Å²) < 4.78 is 41.6. The van der Waals surface area contributed by atoms with Crippen LogP contribution in [0.25, 0.3) is 0 Å². The van der Waals surface area contributed by atoms with E-state index in [1.165, 1.54) is 6.07 Å². The number of nitrogens with zero attached hydrogens (tertiary/aromatic N) is 2. The van der Waals surface area contributed by atoms with E-state index in [0.717, 1.165) is 21.1 Å². The number of aromatic nitrogens is 1. The van der Waals surface area contributed by atoms with Gasteiger partial charge in [-0.25, -0.2) is 9.98 Å². The summed E-state index contributed by atoms with van der Waals surface area (Å²) in [6, 6.07) is 6.51. The summed E-state index contributed by atoms with van der Waals surface area (Å²) in [5, 5.41) is 7.42. The minimum absolute atomic E-state index is 0. The fourth-order valence-corrected chi connectivity index (χ4v) is 3.19. The quantitative estimate of drug-likeness (QED) is 0.314. The van der Waals surface area contributed by atoms with Crippen LogP contribution in [-0.4, -0.2) is 30.3 Å². The number of ether oxygens (including phenoxy) is 1. The number of nitrogens with one attached hydrogen (secondary N) is 2. The van der Waals surface area contributed by atoms with Gasteiger partial charge in [0.05, 0.1) is 23.8 Å². The van der Waals surface area contributed by atoms with Crippen LogP contribution >= 0.6 is 35.3 Å². The number of aryl methyl sites for hydroxylation is 2. The van der Waals surface area contributed by atoms with Gasteiger partial charge in [0.25, 0.3) is 0 Å². The zero-order chi connectivity index (χ0) is 19.9. The maximum atomic E-state index is 12.3. The van der Waals surface area contributed by atoms with Gasteiger partial charge >= 0.3 is 6.18 Å². The average molecular weight is 528 g/mol. The molecule has 1 aromatic carbocycles. The molecule has 0 fully saturated rings. The van der Waals surface area contributed by atoms with Crippen LogP contribution in [-0.2, 0) is 13.1 Å². The molecule has 156 valence electrons. The lowest BCUT2D eigenvalue weighted by molar-refractivity contribution is -0.153. The van der Waals surface area contributed by atoms with E-state index < -0.39 is 12.8 Å². The van der Waals surface area contributed by atoms with Crippen molar-refractivity contribution in [3.8, 4) is 5.75 Å². The predicted octanol–water partition coefficient (Wildman–Crippen LogP) is 4.57. The molecule has 0 aliphatic carbocycles. The first-order chi connectivity index (χ1) is 12.8. The van der Waals surface area contributed by atoms with Crippen molar-refractivity contribution in [2.24, 2.45) is 4.99 Å². The summed E-state index contributed by atoms with van der Waals surface area (Å²) in [4.78, 5) is 10.0. The molecule has 1 aromatic heterocycles. The summed E-state index contributed by atoms with van der Waals surface area (Å²) in [6.07, 6.45) is -4.36. The van der Waals surface area contributed by atoms with Crippen LogP contribution in [0.15, 0.2) is 29.3 Å². The Hall–Kier alpha value is -1.56. The van der Waals surface area contributed by atoms with Gasteiger partial charge in [-0.05, 0) is 38.5 Å². The third-order valence-electron chi connectivity index (χ3n) is 3.48. The van der Waals surface area contributed by atoms with E-state index in [1.807, 2.05) is 20.8 Å². The van der Waals surface area contributed by atoms with E-state index in [2.05, 4.69) is 20.6 Å². The maximum absolute atomic E-state index is 12.3. The van der Waals surface area contributed by atoms with Gasteiger partial charge in [0, 0.05) is 11.4 Å². The Kier molecular flexibility index (Phi) is 10.0. The fraction of sp³-hybridized carbons (Fsp3) is 0.444. The molecule has 0 amide bonds. The third kappa shape index (κ3) is 8.63.